The van der Waals surface area contributed by atoms with Crippen LogP contribution < -0.4 is 16.0 Å². The van der Waals surface area contributed by atoms with Crippen molar-refractivity contribution in [1.29, 1.82) is 0 Å². The van der Waals surface area contributed by atoms with E-state index in [9.17, 15) is 29.4 Å². The second-order valence-corrected chi connectivity index (χ2v) is 11.4. The molecule has 0 bridgehead atoms. The molecule has 1 aliphatic carbocycles. The third kappa shape index (κ3) is 10.6. The van der Waals surface area contributed by atoms with Crippen LogP contribution in [0, 0.1) is 17.8 Å². The number of rotatable bonds is 7. The Labute approximate surface area is 218 Å². The zero-order chi connectivity index (χ0) is 28.7. The third-order valence-corrected chi connectivity index (χ3v) is 5.98. The summed E-state index contributed by atoms with van der Waals surface area (Å²) in [7, 11) is 0. The summed E-state index contributed by atoms with van der Waals surface area (Å²) in [6.45, 7) is 15.2. The number of aliphatic hydroxyl groups excluding tert-OH is 1. The number of ether oxygens (including phenoxy) is 2. The van der Waals surface area contributed by atoms with Crippen molar-refractivity contribution in [2.75, 3.05) is 0 Å². The number of nitrogens with zero attached hydrogens (tertiary/aromatic N) is 1. The van der Waals surface area contributed by atoms with Crippen molar-refractivity contribution in [3.63, 3.8) is 0 Å². The number of hydrogen-bond acceptors (Lipinski definition) is 7. The monoisotopic (exact) mass is 528 g/mol. The fourth-order valence-electron chi connectivity index (χ4n) is 4.55. The summed E-state index contributed by atoms with van der Waals surface area (Å²) in [4.78, 5) is 52.8. The molecule has 0 spiro atoms. The molecule has 0 aromatic heterocycles. The van der Waals surface area contributed by atoms with Gasteiger partial charge in [-0.25, -0.2) is 9.59 Å². The second kappa shape index (κ2) is 13.1. The number of guanidine groups is 1. The molecule has 37 heavy (non-hydrogen) atoms. The number of amides is 3. The number of aliphatic imine (C=N–C) groups is 1. The molecule has 5 N–H and O–H groups in total. The molecule has 0 aliphatic heterocycles. The van der Waals surface area contributed by atoms with E-state index in [0.29, 0.717) is 12.8 Å². The Morgan fingerprint density at radius 3 is 1.97 bits per heavy atom. The quantitative estimate of drug-likeness (QED) is 0.246. The van der Waals surface area contributed by atoms with Crippen LogP contribution in [0.25, 0.3) is 0 Å². The van der Waals surface area contributed by atoms with E-state index in [4.69, 9.17) is 9.47 Å². The Balaban J connectivity index is 3.46. The maximum Gasteiger partial charge on any atom is 0.437 e. The van der Waals surface area contributed by atoms with Gasteiger partial charge in [-0.1, -0.05) is 26.7 Å². The fourth-order valence-corrected chi connectivity index (χ4v) is 4.55. The zero-order valence-electron chi connectivity index (χ0n) is 23.4. The number of hydrogen-bond donors (Lipinski definition) is 5. The number of carbonyl (C=O) groups is 4. The Morgan fingerprint density at radius 1 is 1.00 bits per heavy atom. The van der Waals surface area contributed by atoms with E-state index < -0.39 is 59.4 Å². The largest absolute Gasteiger partial charge is 0.481 e. The van der Waals surface area contributed by atoms with Gasteiger partial charge in [0, 0.05) is 24.9 Å². The molecule has 1 unspecified atom stereocenters. The fraction of sp³-hybridized carbons (Fsp3) is 0.800. The lowest BCUT2D eigenvalue weighted by atomic mass is 9.80. The number of carbonyl (C=O) groups excluding carboxylic acids is 3. The van der Waals surface area contributed by atoms with Crippen molar-refractivity contribution in [3.8, 4) is 0 Å². The molecule has 3 amide bonds. The van der Waals surface area contributed by atoms with Crippen molar-refractivity contribution in [2.24, 2.45) is 22.7 Å². The van der Waals surface area contributed by atoms with E-state index in [1.807, 2.05) is 13.8 Å². The Morgan fingerprint density at radius 2 is 1.54 bits per heavy atom. The molecule has 1 aliphatic rings. The van der Waals surface area contributed by atoms with Crippen LogP contribution in [0.5, 0.6) is 0 Å². The third-order valence-electron chi connectivity index (χ3n) is 5.98. The molecule has 0 aromatic carbocycles. The minimum atomic E-state index is -1.31. The number of carboxylic acid groups (broad SMARTS) is 1. The molecular formula is C25H44N4O8. The zero-order valence-corrected chi connectivity index (χ0v) is 23.4. The highest BCUT2D eigenvalue weighted by Crippen LogP contribution is 2.38. The summed E-state index contributed by atoms with van der Waals surface area (Å²) >= 11 is 0. The van der Waals surface area contributed by atoms with Crippen LogP contribution >= 0.6 is 0 Å². The highest BCUT2D eigenvalue weighted by Gasteiger charge is 2.51. The average Bonchev–Trinajstić information content (AvgIpc) is 3.00. The van der Waals surface area contributed by atoms with Crippen molar-refractivity contribution < 1.29 is 38.9 Å². The summed E-state index contributed by atoms with van der Waals surface area (Å²) in [5, 5.41) is 29.0. The van der Waals surface area contributed by atoms with Gasteiger partial charge in [0.15, 0.2) is 0 Å². The first kappa shape index (κ1) is 32.1. The normalized spacial score (nSPS) is 23.3. The molecule has 5 atom stereocenters. The van der Waals surface area contributed by atoms with Crippen LogP contribution in [0.4, 0.5) is 9.59 Å². The molecule has 0 aromatic rings. The number of aliphatic carboxylic acids is 1. The van der Waals surface area contributed by atoms with Gasteiger partial charge in [-0.2, -0.15) is 0 Å². The minimum absolute atomic E-state index is 0.0409. The van der Waals surface area contributed by atoms with Crippen LogP contribution in [-0.4, -0.2) is 69.6 Å². The molecule has 212 valence electrons. The van der Waals surface area contributed by atoms with E-state index in [1.54, 1.807) is 41.5 Å². The molecule has 0 radical (unpaired) electrons. The van der Waals surface area contributed by atoms with Gasteiger partial charge in [0.1, 0.15) is 11.2 Å². The molecule has 12 nitrogen and oxygen atoms in total. The first-order chi connectivity index (χ1) is 16.9. The topological polar surface area (TPSA) is 176 Å². The van der Waals surface area contributed by atoms with Gasteiger partial charge >= 0.3 is 18.2 Å². The highest BCUT2D eigenvalue weighted by molar-refractivity contribution is 5.99. The van der Waals surface area contributed by atoms with E-state index >= 15 is 0 Å². The summed E-state index contributed by atoms with van der Waals surface area (Å²) in [6.07, 6.45) is -1.90. The van der Waals surface area contributed by atoms with Gasteiger partial charge in [-0.15, -0.1) is 4.99 Å². The number of carboxylic acids is 1. The first-order valence-corrected chi connectivity index (χ1v) is 12.6. The summed E-state index contributed by atoms with van der Waals surface area (Å²) in [5.74, 6) is -3.81. The van der Waals surface area contributed by atoms with Crippen LogP contribution in [-0.2, 0) is 19.1 Å². The standard InChI is InChI=1S/C25H44N4O8/c1-10-14(11-2)18(26-13(3)30)17-16(12-15(19(17)31)20(32)33)27-21(28-22(34)36-24(4,5)6)29-23(35)37-25(7,8)9/h14-19,31H,10-12H2,1-9H3,(H,26,30)(H,32,33)(H2,27,28,29,34,35)/t15-,16+,17+,18?,19+/m0/s1. The van der Waals surface area contributed by atoms with Gasteiger partial charge < -0.3 is 30.3 Å². The number of nitrogens with one attached hydrogen (secondary N) is 3. The predicted molar refractivity (Wildman–Crippen MR) is 137 cm³/mol. The Bertz CT molecular complexity index is 858. The van der Waals surface area contributed by atoms with Gasteiger partial charge in [-0.3, -0.25) is 14.9 Å². The predicted octanol–water partition coefficient (Wildman–Crippen LogP) is 2.78. The maximum absolute atomic E-state index is 12.5. The summed E-state index contributed by atoms with van der Waals surface area (Å²) in [6, 6.07) is -1.35. The van der Waals surface area contributed by atoms with Crippen LogP contribution in [0.3, 0.4) is 0 Å². The van der Waals surface area contributed by atoms with Crippen LogP contribution in [0.15, 0.2) is 4.99 Å². The van der Waals surface area contributed by atoms with E-state index in [1.165, 1.54) is 6.92 Å². The number of alkyl carbamates (subject to hydrolysis) is 1. The van der Waals surface area contributed by atoms with Crippen molar-refractivity contribution >= 4 is 30.0 Å². The summed E-state index contributed by atoms with van der Waals surface area (Å²) in [5.41, 5.74) is -1.70. The molecule has 12 heteroatoms. The molecule has 1 fully saturated rings. The number of aliphatic hydroxyl groups is 1. The van der Waals surface area contributed by atoms with E-state index in [-0.39, 0.29) is 24.2 Å². The maximum atomic E-state index is 12.5. The van der Waals surface area contributed by atoms with Gasteiger partial charge in [-0.05, 0) is 53.9 Å². The van der Waals surface area contributed by atoms with Gasteiger partial charge in [0.2, 0.25) is 11.9 Å². The SMILES string of the molecule is CCC(CC)C(NC(C)=O)[C@@H]1[C@H](O)[C@@H](C(=O)O)C[C@H]1NC(=NC(=O)OC(C)(C)C)NC(=O)OC(C)(C)C. The minimum Gasteiger partial charge on any atom is -0.481 e. The molecular weight excluding hydrogens is 484 g/mol. The van der Waals surface area contributed by atoms with Crippen molar-refractivity contribution in [2.45, 2.75) is 111 Å². The lowest BCUT2D eigenvalue weighted by Crippen LogP contribution is -2.56. The van der Waals surface area contributed by atoms with Crippen molar-refractivity contribution in [3.05, 3.63) is 0 Å². The van der Waals surface area contributed by atoms with Crippen LogP contribution in [0.1, 0.15) is 81.6 Å². The Hall–Kier alpha value is -2.89. The van der Waals surface area contributed by atoms with Gasteiger partial charge in [0.05, 0.1) is 12.0 Å². The van der Waals surface area contributed by atoms with Gasteiger partial charge in [0.25, 0.3) is 0 Å². The second-order valence-electron chi connectivity index (χ2n) is 11.4. The molecule has 0 heterocycles. The van der Waals surface area contributed by atoms with Crippen molar-refractivity contribution in [1.82, 2.24) is 16.0 Å². The highest BCUT2D eigenvalue weighted by atomic mass is 16.6. The lowest BCUT2D eigenvalue weighted by Gasteiger charge is -2.37. The van der Waals surface area contributed by atoms with E-state index in [0.717, 1.165) is 0 Å². The Kier molecular flexibility index (Phi) is 11.4. The smallest absolute Gasteiger partial charge is 0.437 e. The average molecular weight is 529 g/mol. The first-order valence-electron chi connectivity index (χ1n) is 12.6. The molecule has 1 saturated carbocycles. The lowest BCUT2D eigenvalue weighted by molar-refractivity contribution is -0.145. The molecule has 1 rings (SSSR count). The summed E-state index contributed by atoms with van der Waals surface area (Å²) < 4.78 is 10.5. The van der Waals surface area contributed by atoms with E-state index in [2.05, 4.69) is 20.9 Å². The van der Waals surface area contributed by atoms with Crippen LogP contribution in [0.2, 0.25) is 0 Å². The molecule has 0 saturated heterocycles.